The number of nitrogens with one attached hydrogen (secondary N) is 1. The maximum Gasteiger partial charge on any atom is 0.328 e. The molecule has 0 amide bonds. The molecule has 2 rings (SSSR count). The molecule has 0 atom stereocenters. The van der Waals surface area contributed by atoms with E-state index in [0.29, 0.717) is 5.56 Å². The summed E-state index contributed by atoms with van der Waals surface area (Å²) in [6.45, 7) is 0. The van der Waals surface area contributed by atoms with Crippen molar-refractivity contribution in [1.82, 2.24) is 15.2 Å². The Hall–Kier alpha value is -2.33. The molecule has 0 bridgehead atoms. The van der Waals surface area contributed by atoms with Crippen molar-refractivity contribution in [2.75, 3.05) is 4.72 Å². The van der Waals surface area contributed by atoms with Crippen molar-refractivity contribution >= 4 is 38.5 Å². The van der Waals surface area contributed by atoms with Crippen molar-refractivity contribution in [3.05, 3.63) is 35.6 Å². The summed E-state index contributed by atoms with van der Waals surface area (Å²) in [4.78, 5) is 14.1. The molecule has 0 aromatic carbocycles. The van der Waals surface area contributed by atoms with Crippen molar-refractivity contribution in [1.29, 1.82) is 0 Å². The first-order valence-corrected chi connectivity index (χ1v) is 7.49. The second kappa shape index (κ2) is 5.75. The first-order valence-electron chi connectivity index (χ1n) is 5.12. The van der Waals surface area contributed by atoms with Crippen LogP contribution < -0.4 is 4.72 Å². The van der Waals surface area contributed by atoms with Gasteiger partial charge in [0.25, 0.3) is 10.0 Å². The maximum absolute atomic E-state index is 12.0. The molecule has 0 aliphatic carbocycles. The molecule has 104 valence electrons. The lowest BCUT2D eigenvalue weighted by molar-refractivity contribution is -0.131. The molecule has 0 unspecified atom stereocenters. The zero-order valence-electron chi connectivity index (χ0n) is 9.79. The standard InChI is InChI=1S/C10H8N4O4S2/c15-9(16)2-1-7-3-8(5-11-4-7)20(17,18)14-10-13-12-6-19-10/h1-6H,(H,13,14)(H,15,16). The van der Waals surface area contributed by atoms with Crippen LogP contribution in [0.1, 0.15) is 5.56 Å². The van der Waals surface area contributed by atoms with Crippen molar-refractivity contribution in [3.63, 3.8) is 0 Å². The Morgan fingerprint density at radius 3 is 2.85 bits per heavy atom. The summed E-state index contributed by atoms with van der Waals surface area (Å²) in [5.74, 6) is -1.13. The molecule has 0 fully saturated rings. The summed E-state index contributed by atoms with van der Waals surface area (Å²) < 4.78 is 26.3. The van der Waals surface area contributed by atoms with E-state index in [2.05, 4.69) is 19.9 Å². The summed E-state index contributed by atoms with van der Waals surface area (Å²) in [5, 5.41) is 15.8. The van der Waals surface area contributed by atoms with Gasteiger partial charge in [0, 0.05) is 18.5 Å². The van der Waals surface area contributed by atoms with Gasteiger partial charge in [-0.3, -0.25) is 9.71 Å². The number of nitrogens with zero attached hydrogens (tertiary/aromatic N) is 3. The molecule has 2 N–H and O–H groups in total. The third-order valence-corrected chi connectivity index (χ3v) is 4.09. The van der Waals surface area contributed by atoms with Gasteiger partial charge in [0.1, 0.15) is 10.4 Å². The zero-order chi connectivity index (χ0) is 14.6. The highest BCUT2D eigenvalue weighted by Crippen LogP contribution is 2.17. The van der Waals surface area contributed by atoms with E-state index in [-0.39, 0.29) is 10.0 Å². The molecule has 8 nitrogen and oxygen atoms in total. The monoisotopic (exact) mass is 312 g/mol. The van der Waals surface area contributed by atoms with Gasteiger partial charge in [0.2, 0.25) is 5.13 Å². The van der Waals surface area contributed by atoms with Gasteiger partial charge in [-0.25, -0.2) is 13.2 Å². The van der Waals surface area contributed by atoms with E-state index in [1.54, 1.807) is 0 Å². The average molecular weight is 312 g/mol. The fraction of sp³-hybridized carbons (Fsp3) is 0. The highest BCUT2D eigenvalue weighted by atomic mass is 32.2. The quantitative estimate of drug-likeness (QED) is 0.784. The molecule has 20 heavy (non-hydrogen) atoms. The Morgan fingerprint density at radius 1 is 1.40 bits per heavy atom. The van der Waals surface area contributed by atoms with Gasteiger partial charge in [-0.2, -0.15) is 0 Å². The molecule has 10 heteroatoms. The minimum Gasteiger partial charge on any atom is -0.478 e. The van der Waals surface area contributed by atoms with Crippen molar-refractivity contribution in [3.8, 4) is 0 Å². The Morgan fingerprint density at radius 2 is 2.20 bits per heavy atom. The molecule has 0 spiro atoms. The second-order valence-corrected chi connectivity index (χ2v) is 5.99. The number of sulfonamides is 1. The summed E-state index contributed by atoms with van der Waals surface area (Å²) in [6.07, 6.45) is 4.65. The van der Waals surface area contributed by atoms with Crippen LogP contribution in [0.25, 0.3) is 6.08 Å². The van der Waals surface area contributed by atoms with Crippen LogP contribution in [0, 0.1) is 0 Å². The van der Waals surface area contributed by atoms with Crippen LogP contribution in [0.4, 0.5) is 5.13 Å². The van der Waals surface area contributed by atoms with E-state index in [1.807, 2.05) is 0 Å². The first kappa shape index (κ1) is 14.1. The van der Waals surface area contributed by atoms with E-state index in [9.17, 15) is 13.2 Å². The van der Waals surface area contributed by atoms with Crippen molar-refractivity contribution in [2.24, 2.45) is 0 Å². The van der Waals surface area contributed by atoms with Crippen molar-refractivity contribution in [2.45, 2.75) is 4.90 Å². The minimum atomic E-state index is -3.83. The number of hydrogen-bond donors (Lipinski definition) is 2. The number of carbonyl (C=O) groups is 1. The lowest BCUT2D eigenvalue weighted by Crippen LogP contribution is -2.13. The molecule has 2 heterocycles. The number of aromatic nitrogens is 3. The summed E-state index contributed by atoms with van der Waals surface area (Å²) in [7, 11) is -3.83. The average Bonchev–Trinajstić information content (AvgIpc) is 2.89. The molecular weight excluding hydrogens is 304 g/mol. The number of carboxylic acids is 1. The molecule has 2 aromatic rings. The molecule has 0 radical (unpaired) electrons. The van der Waals surface area contributed by atoms with E-state index in [1.165, 1.54) is 23.8 Å². The van der Waals surface area contributed by atoms with Crippen molar-refractivity contribution < 1.29 is 18.3 Å². The predicted octanol–water partition coefficient (Wildman–Crippen LogP) is 0.832. The van der Waals surface area contributed by atoms with Gasteiger partial charge in [-0.1, -0.05) is 11.3 Å². The fourth-order valence-corrected chi connectivity index (χ4v) is 2.92. The van der Waals surface area contributed by atoms with Gasteiger partial charge in [-0.05, 0) is 17.7 Å². The summed E-state index contributed by atoms with van der Waals surface area (Å²) >= 11 is 1.04. The molecule has 2 aromatic heterocycles. The van der Waals surface area contributed by atoms with Crippen LogP contribution in [-0.2, 0) is 14.8 Å². The van der Waals surface area contributed by atoms with Crippen LogP contribution in [0.3, 0.4) is 0 Å². The Kier molecular flexibility index (Phi) is 4.05. The Labute approximate surface area is 117 Å². The number of hydrogen-bond acceptors (Lipinski definition) is 7. The van der Waals surface area contributed by atoms with E-state index >= 15 is 0 Å². The molecular formula is C10H8N4O4S2. The first-order chi connectivity index (χ1) is 9.47. The lowest BCUT2D eigenvalue weighted by atomic mass is 10.2. The van der Waals surface area contributed by atoms with Gasteiger partial charge in [0.15, 0.2) is 0 Å². The largest absolute Gasteiger partial charge is 0.478 e. The highest BCUT2D eigenvalue weighted by Gasteiger charge is 2.16. The predicted molar refractivity (Wildman–Crippen MR) is 71.6 cm³/mol. The van der Waals surface area contributed by atoms with Gasteiger partial charge < -0.3 is 5.11 Å². The second-order valence-electron chi connectivity index (χ2n) is 3.47. The topological polar surface area (TPSA) is 122 Å². The van der Waals surface area contributed by atoms with Crippen LogP contribution in [0.2, 0.25) is 0 Å². The lowest BCUT2D eigenvalue weighted by Gasteiger charge is -2.04. The SMILES string of the molecule is O=C(O)C=Cc1cncc(S(=O)(=O)Nc2nncs2)c1. The Balaban J connectivity index is 2.28. The third-order valence-electron chi connectivity index (χ3n) is 2.04. The van der Waals surface area contributed by atoms with Gasteiger partial charge in [0.05, 0.1) is 0 Å². The van der Waals surface area contributed by atoms with Crippen LogP contribution in [0.5, 0.6) is 0 Å². The highest BCUT2D eigenvalue weighted by molar-refractivity contribution is 7.93. The van der Waals surface area contributed by atoms with Crippen LogP contribution >= 0.6 is 11.3 Å². The number of anilines is 1. The summed E-state index contributed by atoms with van der Waals surface area (Å²) in [5.41, 5.74) is 1.75. The number of carboxylic acid groups (broad SMARTS) is 1. The number of pyridine rings is 1. The number of rotatable bonds is 5. The normalized spacial score (nSPS) is 11.6. The minimum absolute atomic E-state index is 0.0970. The fourth-order valence-electron chi connectivity index (χ4n) is 1.23. The molecule has 0 aliphatic heterocycles. The zero-order valence-corrected chi connectivity index (χ0v) is 11.4. The third kappa shape index (κ3) is 3.59. The molecule has 0 saturated heterocycles. The van der Waals surface area contributed by atoms with E-state index in [4.69, 9.17) is 5.11 Å². The smallest absolute Gasteiger partial charge is 0.328 e. The van der Waals surface area contributed by atoms with Crippen LogP contribution in [0.15, 0.2) is 34.9 Å². The van der Waals surface area contributed by atoms with E-state index < -0.39 is 16.0 Å². The van der Waals surface area contributed by atoms with Crippen LogP contribution in [-0.4, -0.2) is 34.7 Å². The summed E-state index contributed by atoms with van der Waals surface area (Å²) in [6, 6.07) is 1.30. The van der Waals surface area contributed by atoms with Gasteiger partial charge in [-0.15, -0.1) is 10.2 Å². The van der Waals surface area contributed by atoms with E-state index in [0.717, 1.165) is 23.6 Å². The molecule has 0 aliphatic rings. The Bertz CT molecular complexity index is 740. The molecule has 0 saturated carbocycles. The maximum atomic E-state index is 12.0. The van der Waals surface area contributed by atoms with Gasteiger partial charge >= 0.3 is 5.97 Å². The number of aliphatic carboxylic acids is 1.